The molecule has 0 atom stereocenters. The first kappa shape index (κ1) is 23.7. The fourth-order valence-corrected chi connectivity index (χ4v) is 5.50. The SMILES string of the molecule is Cc1nc(Nc2ncc(-c3ccc(Sc4ccccc4)cc3)s2)nc(N2CCN(CCO)CC2)n1. The molecule has 0 aliphatic carbocycles. The maximum atomic E-state index is 9.15. The fraction of sp³-hybridized carbons (Fsp3) is 0.280. The molecule has 2 N–H and O–H groups in total. The summed E-state index contributed by atoms with van der Waals surface area (Å²) in [4.78, 5) is 26.1. The topological polar surface area (TPSA) is 90.3 Å². The number of anilines is 3. The van der Waals surface area contributed by atoms with E-state index in [2.05, 4.69) is 83.6 Å². The summed E-state index contributed by atoms with van der Waals surface area (Å²) in [6.07, 6.45) is 1.88. The summed E-state index contributed by atoms with van der Waals surface area (Å²) in [7, 11) is 0. The molecule has 0 unspecified atom stereocenters. The molecule has 0 saturated carbocycles. The van der Waals surface area contributed by atoms with E-state index in [0.29, 0.717) is 24.3 Å². The van der Waals surface area contributed by atoms with Gasteiger partial charge in [0.05, 0.1) is 11.5 Å². The van der Waals surface area contributed by atoms with Crippen LogP contribution in [0.4, 0.5) is 17.0 Å². The number of benzene rings is 2. The third kappa shape index (κ3) is 6.15. The number of aliphatic hydroxyl groups is 1. The van der Waals surface area contributed by atoms with Gasteiger partial charge in [-0.25, -0.2) is 4.98 Å². The minimum atomic E-state index is 0.186. The highest BCUT2D eigenvalue weighted by molar-refractivity contribution is 7.99. The van der Waals surface area contributed by atoms with Gasteiger partial charge in [-0.1, -0.05) is 53.4 Å². The van der Waals surface area contributed by atoms with Crippen molar-refractivity contribution in [3.63, 3.8) is 0 Å². The Morgan fingerprint density at radius 2 is 1.69 bits per heavy atom. The molecule has 35 heavy (non-hydrogen) atoms. The average Bonchev–Trinajstić information content (AvgIpc) is 3.34. The average molecular weight is 506 g/mol. The van der Waals surface area contributed by atoms with Gasteiger partial charge in [0.25, 0.3) is 0 Å². The molecule has 1 saturated heterocycles. The van der Waals surface area contributed by atoms with E-state index in [9.17, 15) is 0 Å². The van der Waals surface area contributed by atoms with Crippen molar-refractivity contribution < 1.29 is 5.11 Å². The summed E-state index contributed by atoms with van der Waals surface area (Å²) in [6, 6.07) is 18.9. The molecular weight excluding hydrogens is 478 g/mol. The number of nitrogens with zero attached hydrogens (tertiary/aromatic N) is 6. The molecule has 4 aromatic rings. The maximum absolute atomic E-state index is 9.15. The molecular formula is C25H27N7OS2. The second-order valence-electron chi connectivity index (χ2n) is 8.15. The number of β-amino-alcohol motifs (C(OH)–C–C–N with tert-alkyl or cyclic N) is 1. The van der Waals surface area contributed by atoms with Gasteiger partial charge in [0.2, 0.25) is 11.9 Å². The second kappa shape index (κ2) is 11.1. The normalized spacial score (nSPS) is 14.3. The Bertz CT molecular complexity index is 1240. The molecule has 0 radical (unpaired) electrons. The molecule has 5 rings (SSSR count). The monoisotopic (exact) mass is 505 g/mol. The summed E-state index contributed by atoms with van der Waals surface area (Å²) in [5, 5.41) is 13.2. The van der Waals surface area contributed by atoms with Crippen molar-refractivity contribution in [3.8, 4) is 10.4 Å². The van der Waals surface area contributed by atoms with E-state index in [0.717, 1.165) is 41.8 Å². The Kier molecular flexibility index (Phi) is 7.53. The first-order valence-electron chi connectivity index (χ1n) is 11.5. The zero-order chi connectivity index (χ0) is 24.0. The number of hydrogen-bond donors (Lipinski definition) is 2. The van der Waals surface area contributed by atoms with Crippen molar-refractivity contribution in [2.24, 2.45) is 0 Å². The number of nitrogens with one attached hydrogen (secondary N) is 1. The van der Waals surface area contributed by atoms with Crippen LogP contribution in [0.2, 0.25) is 0 Å². The van der Waals surface area contributed by atoms with Crippen LogP contribution in [-0.4, -0.2) is 69.3 Å². The van der Waals surface area contributed by atoms with Gasteiger partial charge in [0.1, 0.15) is 5.82 Å². The molecule has 2 aromatic carbocycles. The number of thiazole rings is 1. The molecule has 0 spiro atoms. The number of piperazine rings is 1. The molecule has 8 nitrogen and oxygen atoms in total. The molecule has 0 amide bonds. The van der Waals surface area contributed by atoms with Crippen LogP contribution in [-0.2, 0) is 0 Å². The standard InChI is InChI=1S/C25H27N7OS2/c1-18-27-23(29-24(28-18)32-13-11-31(12-14-32)15-16-33)30-25-26-17-22(35-25)19-7-9-21(10-8-19)34-20-5-3-2-4-6-20/h2-10,17,33H,11-16H2,1H3,(H,26,27,28,29,30). The van der Waals surface area contributed by atoms with Crippen molar-refractivity contribution in [1.29, 1.82) is 0 Å². The summed E-state index contributed by atoms with van der Waals surface area (Å²) in [6.45, 7) is 6.18. The Balaban J connectivity index is 1.24. The predicted molar refractivity (Wildman–Crippen MR) is 142 cm³/mol. The van der Waals surface area contributed by atoms with E-state index < -0.39 is 0 Å². The van der Waals surface area contributed by atoms with E-state index in [-0.39, 0.29) is 6.61 Å². The van der Waals surface area contributed by atoms with E-state index in [4.69, 9.17) is 5.11 Å². The zero-order valence-corrected chi connectivity index (χ0v) is 21.1. The van der Waals surface area contributed by atoms with Crippen LogP contribution in [0, 0.1) is 6.92 Å². The molecule has 180 valence electrons. The second-order valence-corrected chi connectivity index (χ2v) is 10.3. The number of rotatable bonds is 8. The molecule has 1 aliphatic rings. The lowest BCUT2D eigenvalue weighted by Crippen LogP contribution is -2.47. The van der Waals surface area contributed by atoms with Crippen LogP contribution in [0.3, 0.4) is 0 Å². The van der Waals surface area contributed by atoms with Crippen LogP contribution < -0.4 is 10.2 Å². The van der Waals surface area contributed by atoms with Crippen LogP contribution in [0.15, 0.2) is 70.6 Å². The third-order valence-electron chi connectivity index (χ3n) is 5.65. The van der Waals surface area contributed by atoms with Crippen molar-refractivity contribution in [2.75, 3.05) is 49.5 Å². The Labute approximate surface area is 213 Å². The lowest BCUT2D eigenvalue weighted by Gasteiger charge is -2.34. The van der Waals surface area contributed by atoms with Gasteiger partial charge >= 0.3 is 0 Å². The third-order valence-corrected chi connectivity index (χ3v) is 7.63. The number of hydrogen-bond acceptors (Lipinski definition) is 10. The van der Waals surface area contributed by atoms with Crippen LogP contribution in [0.1, 0.15) is 5.82 Å². The summed E-state index contributed by atoms with van der Waals surface area (Å²) in [5.41, 5.74) is 1.13. The molecule has 0 bridgehead atoms. The minimum Gasteiger partial charge on any atom is -0.395 e. The van der Waals surface area contributed by atoms with Crippen LogP contribution >= 0.6 is 23.1 Å². The smallest absolute Gasteiger partial charge is 0.234 e. The van der Waals surface area contributed by atoms with Crippen molar-refractivity contribution in [1.82, 2.24) is 24.8 Å². The summed E-state index contributed by atoms with van der Waals surface area (Å²) >= 11 is 3.32. The fourth-order valence-electron chi connectivity index (χ4n) is 3.85. The number of aliphatic hydroxyl groups excluding tert-OH is 1. The van der Waals surface area contributed by atoms with E-state index in [1.807, 2.05) is 19.2 Å². The van der Waals surface area contributed by atoms with Crippen molar-refractivity contribution >= 4 is 40.1 Å². The van der Waals surface area contributed by atoms with E-state index in [1.54, 1.807) is 23.1 Å². The number of aryl methyl sites for hydroxylation is 1. The zero-order valence-electron chi connectivity index (χ0n) is 19.5. The Morgan fingerprint density at radius 3 is 2.43 bits per heavy atom. The Hall–Kier alpha value is -3.05. The molecule has 2 aromatic heterocycles. The highest BCUT2D eigenvalue weighted by Gasteiger charge is 2.20. The first-order valence-corrected chi connectivity index (χ1v) is 13.2. The van der Waals surface area contributed by atoms with Gasteiger partial charge in [-0.05, 0) is 36.8 Å². The van der Waals surface area contributed by atoms with Crippen molar-refractivity contribution in [2.45, 2.75) is 16.7 Å². The van der Waals surface area contributed by atoms with Gasteiger partial charge in [-0.3, -0.25) is 10.2 Å². The molecule has 1 fully saturated rings. The van der Waals surface area contributed by atoms with Gasteiger partial charge in [-0.15, -0.1) is 0 Å². The van der Waals surface area contributed by atoms with Crippen molar-refractivity contribution in [3.05, 3.63) is 66.6 Å². The largest absolute Gasteiger partial charge is 0.395 e. The molecule has 3 heterocycles. The maximum Gasteiger partial charge on any atom is 0.234 e. The van der Waals surface area contributed by atoms with Gasteiger partial charge in [-0.2, -0.15) is 15.0 Å². The van der Waals surface area contributed by atoms with E-state index >= 15 is 0 Å². The first-order chi connectivity index (χ1) is 17.2. The van der Waals surface area contributed by atoms with Gasteiger partial charge in [0.15, 0.2) is 5.13 Å². The minimum absolute atomic E-state index is 0.186. The van der Waals surface area contributed by atoms with Crippen LogP contribution in [0.5, 0.6) is 0 Å². The molecule has 1 aliphatic heterocycles. The quantitative estimate of drug-likeness (QED) is 0.363. The van der Waals surface area contributed by atoms with Gasteiger partial charge < -0.3 is 10.0 Å². The van der Waals surface area contributed by atoms with Gasteiger partial charge in [0, 0.05) is 48.7 Å². The molecule has 10 heteroatoms. The lowest BCUT2D eigenvalue weighted by molar-refractivity contribution is 0.188. The highest BCUT2D eigenvalue weighted by atomic mass is 32.2. The predicted octanol–water partition coefficient (Wildman–Crippen LogP) is 4.31. The number of aromatic nitrogens is 4. The van der Waals surface area contributed by atoms with E-state index in [1.165, 1.54) is 9.79 Å². The van der Waals surface area contributed by atoms with Crippen LogP contribution in [0.25, 0.3) is 10.4 Å². The lowest BCUT2D eigenvalue weighted by atomic mass is 10.2. The summed E-state index contributed by atoms with van der Waals surface area (Å²) < 4.78 is 0. The Morgan fingerprint density at radius 1 is 0.943 bits per heavy atom. The summed E-state index contributed by atoms with van der Waals surface area (Å²) in [5.74, 6) is 1.84. The highest BCUT2D eigenvalue weighted by Crippen LogP contribution is 2.33.